The van der Waals surface area contributed by atoms with Gasteiger partial charge in [0.1, 0.15) is 12.4 Å². The molecular formula is C24H36O6. The fourth-order valence-corrected chi connectivity index (χ4v) is 6.95. The summed E-state index contributed by atoms with van der Waals surface area (Å²) in [6.07, 6.45) is 6.55. The Morgan fingerprint density at radius 2 is 1.73 bits per heavy atom. The van der Waals surface area contributed by atoms with Crippen LogP contribution in [0, 0.1) is 27.6 Å². The zero-order chi connectivity index (χ0) is 22.4. The van der Waals surface area contributed by atoms with Crippen LogP contribution >= 0.6 is 0 Å². The molecule has 0 heterocycles. The fourth-order valence-electron chi connectivity index (χ4n) is 6.95. The highest BCUT2D eigenvalue weighted by Crippen LogP contribution is 2.72. The van der Waals surface area contributed by atoms with Crippen LogP contribution in [0.15, 0.2) is 11.6 Å². The molecule has 6 heteroatoms. The normalized spacial score (nSPS) is 37.7. The number of ether oxygens (including phenoxy) is 3. The van der Waals surface area contributed by atoms with Crippen molar-refractivity contribution in [1.29, 1.82) is 0 Å². The number of hydrogen-bond acceptors (Lipinski definition) is 6. The molecule has 168 valence electrons. The van der Waals surface area contributed by atoms with Gasteiger partial charge in [0.2, 0.25) is 0 Å². The summed E-state index contributed by atoms with van der Waals surface area (Å²) in [5.41, 5.74) is -0.345. The molecule has 3 rings (SSSR count). The zero-order valence-corrected chi connectivity index (χ0v) is 19.3. The van der Waals surface area contributed by atoms with E-state index in [0.29, 0.717) is 18.4 Å². The van der Waals surface area contributed by atoms with Gasteiger partial charge in [-0.05, 0) is 54.3 Å². The summed E-state index contributed by atoms with van der Waals surface area (Å²) < 4.78 is 15.0. The van der Waals surface area contributed by atoms with Crippen molar-refractivity contribution in [2.45, 2.75) is 72.6 Å². The maximum Gasteiger partial charge on any atom is 0.508 e. The molecule has 0 saturated heterocycles. The Morgan fingerprint density at radius 1 is 1.03 bits per heavy atom. The lowest BCUT2D eigenvalue weighted by molar-refractivity contribution is -0.204. The lowest BCUT2D eigenvalue weighted by Gasteiger charge is -2.68. The molecule has 2 fully saturated rings. The first-order valence-electron chi connectivity index (χ1n) is 11.0. The van der Waals surface area contributed by atoms with E-state index in [1.165, 1.54) is 14.2 Å². The van der Waals surface area contributed by atoms with E-state index in [9.17, 15) is 14.4 Å². The molecule has 0 spiro atoms. The molecule has 0 bridgehead atoms. The lowest BCUT2D eigenvalue weighted by Crippen LogP contribution is -2.64. The van der Waals surface area contributed by atoms with Crippen LogP contribution in [0.4, 0.5) is 4.79 Å². The molecule has 4 unspecified atom stereocenters. The molecule has 0 radical (unpaired) electrons. The molecule has 6 nitrogen and oxygen atoms in total. The number of hydrogen-bond donors (Lipinski definition) is 0. The quantitative estimate of drug-likeness (QED) is 0.607. The number of carbonyl (C=O) groups excluding carboxylic acids is 3. The first-order chi connectivity index (χ1) is 14.0. The number of methoxy groups -OCH3 is 2. The Balaban J connectivity index is 2.11. The zero-order valence-electron chi connectivity index (χ0n) is 19.3. The van der Waals surface area contributed by atoms with Gasteiger partial charge in [-0.25, -0.2) is 9.59 Å². The Hall–Kier alpha value is -1.85. The smallest absolute Gasteiger partial charge is 0.466 e. The van der Waals surface area contributed by atoms with E-state index in [4.69, 9.17) is 9.47 Å². The number of ketones is 1. The van der Waals surface area contributed by atoms with Crippen molar-refractivity contribution < 1.29 is 28.6 Å². The Labute approximate surface area is 179 Å². The molecule has 4 atom stereocenters. The van der Waals surface area contributed by atoms with Gasteiger partial charge in [0.25, 0.3) is 0 Å². The van der Waals surface area contributed by atoms with E-state index in [0.717, 1.165) is 25.7 Å². The first-order valence-corrected chi connectivity index (χ1v) is 11.0. The number of carbonyl (C=O) groups is 3. The summed E-state index contributed by atoms with van der Waals surface area (Å²) in [5, 5.41) is 0. The molecule has 0 aromatic carbocycles. The highest BCUT2D eigenvalue weighted by atomic mass is 16.7. The average Bonchev–Trinajstić information content (AvgIpc) is 2.85. The van der Waals surface area contributed by atoms with Gasteiger partial charge in [-0.1, -0.05) is 40.2 Å². The summed E-state index contributed by atoms with van der Waals surface area (Å²) in [4.78, 5) is 37.8. The molecular weight excluding hydrogens is 384 g/mol. The van der Waals surface area contributed by atoms with Crippen LogP contribution in [-0.4, -0.2) is 38.7 Å². The predicted molar refractivity (Wildman–Crippen MR) is 112 cm³/mol. The van der Waals surface area contributed by atoms with Crippen LogP contribution in [0.1, 0.15) is 72.6 Å². The second kappa shape index (κ2) is 7.69. The SMILES string of the molecule is COC(=O)OCC12CCC3(C)C(C)(C)CCCC3(C)C1CC=C(C(=O)OC)CC2=O. The van der Waals surface area contributed by atoms with Gasteiger partial charge in [-0.15, -0.1) is 0 Å². The molecule has 0 aromatic rings. The molecule has 0 amide bonds. The fraction of sp³-hybridized carbons (Fsp3) is 0.792. The molecule has 0 aliphatic heterocycles. The van der Waals surface area contributed by atoms with E-state index in [-0.39, 0.29) is 41.0 Å². The molecule has 0 N–H and O–H groups in total. The summed E-state index contributed by atoms with van der Waals surface area (Å²) in [6, 6.07) is 0. The third kappa shape index (κ3) is 3.18. The third-order valence-electron chi connectivity index (χ3n) is 9.33. The summed E-state index contributed by atoms with van der Waals surface area (Å²) in [5.74, 6) is -0.511. The van der Waals surface area contributed by atoms with Crippen molar-refractivity contribution in [2.75, 3.05) is 20.8 Å². The second-order valence-electron chi connectivity index (χ2n) is 10.5. The summed E-state index contributed by atoms with van der Waals surface area (Å²) in [7, 11) is 2.61. The first kappa shape index (κ1) is 22.8. The number of fused-ring (bicyclic) bond motifs is 3. The molecule has 3 aliphatic carbocycles. The predicted octanol–water partition coefficient (Wildman–Crippen LogP) is 4.85. The van der Waals surface area contributed by atoms with Crippen LogP contribution in [0.5, 0.6) is 0 Å². The van der Waals surface area contributed by atoms with Crippen LogP contribution in [-0.2, 0) is 23.8 Å². The van der Waals surface area contributed by atoms with Gasteiger partial charge in [0, 0.05) is 12.0 Å². The van der Waals surface area contributed by atoms with E-state index in [2.05, 4.69) is 32.4 Å². The van der Waals surface area contributed by atoms with Gasteiger partial charge >= 0.3 is 12.1 Å². The van der Waals surface area contributed by atoms with E-state index in [1.54, 1.807) is 0 Å². The number of esters is 1. The van der Waals surface area contributed by atoms with Gasteiger partial charge in [0.15, 0.2) is 0 Å². The second-order valence-corrected chi connectivity index (χ2v) is 10.5. The topological polar surface area (TPSA) is 78.9 Å². The summed E-state index contributed by atoms with van der Waals surface area (Å²) >= 11 is 0. The number of Topliss-reactive ketones (excluding diaryl/α,β-unsaturated/α-hetero) is 1. The highest BCUT2D eigenvalue weighted by molar-refractivity contribution is 5.98. The van der Waals surface area contributed by atoms with E-state index < -0.39 is 17.5 Å². The summed E-state index contributed by atoms with van der Waals surface area (Å²) in [6.45, 7) is 9.37. The largest absolute Gasteiger partial charge is 0.508 e. The highest BCUT2D eigenvalue weighted by Gasteiger charge is 2.67. The van der Waals surface area contributed by atoms with Crippen LogP contribution in [0.2, 0.25) is 0 Å². The molecule has 0 aromatic heterocycles. The minimum absolute atomic E-state index is 0.00242. The third-order valence-corrected chi connectivity index (χ3v) is 9.33. The van der Waals surface area contributed by atoms with E-state index in [1.807, 2.05) is 6.08 Å². The standard InChI is InChI=1S/C24H36O6/c1-21(2)10-7-11-22(3)17-9-8-16(19(26)28-5)14-18(25)24(17,13-12-23(21,22)4)15-30-20(27)29-6/h8,17H,7,9-15H2,1-6H3. The van der Waals surface area contributed by atoms with Crippen molar-refractivity contribution in [3.63, 3.8) is 0 Å². The van der Waals surface area contributed by atoms with Crippen molar-refractivity contribution >= 4 is 17.9 Å². The van der Waals surface area contributed by atoms with E-state index >= 15 is 0 Å². The van der Waals surface area contributed by atoms with Gasteiger partial charge in [-0.3, -0.25) is 4.79 Å². The minimum Gasteiger partial charge on any atom is -0.466 e. The van der Waals surface area contributed by atoms with Gasteiger partial charge in [0.05, 0.1) is 19.6 Å². The molecule has 3 aliphatic rings. The Bertz CT molecular complexity index is 768. The Morgan fingerprint density at radius 3 is 2.37 bits per heavy atom. The van der Waals surface area contributed by atoms with Crippen molar-refractivity contribution in [3.8, 4) is 0 Å². The van der Waals surface area contributed by atoms with Crippen molar-refractivity contribution in [1.82, 2.24) is 0 Å². The Kier molecular flexibility index (Phi) is 5.85. The van der Waals surface area contributed by atoms with Crippen LogP contribution < -0.4 is 0 Å². The monoisotopic (exact) mass is 420 g/mol. The van der Waals surface area contributed by atoms with Crippen molar-refractivity contribution in [2.24, 2.45) is 27.6 Å². The van der Waals surface area contributed by atoms with Crippen LogP contribution in [0.3, 0.4) is 0 Å². The maximum absolute atomic E-state index is 13.7. The molecule has 2 saturated carbocycles. The van der Waals surface area contributed by atoms with Crippen LogP contribution in [0.25, 0.3) is 0 Å². The van der Waals surface area contributed by atoms with Gasteiger partial charge in [-0.2, -0.15) is 0 Å². The van der Waals surface area contributed by atoms with Gasteiger partial charge < -0.3 is 14.2 Å². The lowest BCUT2D eigenvalue weighted by atomic mass is 9.36. The number of rotatable bonds is 3. The average molecular weight is 421 g/mol. The minimum atomic E-state index is -0.817. The van der Waals surface area contributed by atoms with Crippen molar-refractivity contribution in [3.05, 3.63) is 11.6 Å². The maximum atomic E-state index is 13.7. The number of allylic oxidation sites excluding steroid dienone is 1. The molecule has 30 heavy (non-hydrogen) atoms.